The Hall–Kier alpha value is -1.36. The van der Waals surface area contributed by atoms with Crippen LogP contribution in [0.4, 0.5) is 11.6 Å². The lowest BCUT2D eigenvalue weighted by Crippen LogP contribution is -2.45. The van der Waals surface area contributed by atoms with E-state index in [1.54, 1.807) is 12.1 Å². The van der Waals surface area contributed by atoms with Gasteiger partial charge in [-0.15, -0.1) is 10.2 Å². The van der Waals surface area contributed by atoms with Crippen LogP contribution >= 0.6 is 0 Å². The summed E-state index contributed by atoms with van der Waals surface area (Å²) in [5.41, 5.74) is 5.25. The van der Waals surface area contributed by atoms with Crippen molar-refractivity contribution in [1.29, 1.82) is 0 Å². The van der Waals surface area contributed by atoms with Crippen LogP contribution in [0, 0.1) is 5.92 Å². The van der Waals surface area contributed by atoms with E-state index in [1.165, 1.54) is 0 Å². The molecule has 2 rings (SSSR count). The van der Waals surface area contributed by atoms with Gasteiger partial charge in [-0.2, -0.15) is 0 Å². The van der Waals surface area contributed by atoms with E-state index in [4.69, 9.17) is 5.73 Å². The number of nitrogens with one attached hydrogen (secondary N) is 1. The van der Waals surface area contributed by atoms with Gasteiger partial charge in [0.25, 0.3) is 0 Å². The van der Waals surface area contributed by atoms with Crippen molar-refractivity contribution in [3.05, 3.63) is 12.1 Å². The summed E-state index contributed by atoms with van der Waals surface area (Å²) in [5, 5.41) is 20.7. The fourth-order valence-electron chi connectivity index (χ4n) is 2.32. The van der Waals surface area contributed by atoms with Crippen LogP contribution in [0.15, 0.2) is 12.1 Å². The molecule has 0 aliphatic heterocycles. The smallest absolute Gasteiger partial charge is 0.149 e. The summed E-state index contributed by atoms with van der Waals surface area (Å²) >= 11 is 0. The van der Waals surface area contributed by atoms with E-state index in [1.807, 2.05) is 0 Å². The molecule has 4 N–H and O–H groups in total. The molecule has 0 bridgehead atoms. The molecule has 0 aromatic carbocycles. The van der Waals surface area contributed by atoms with Gasteiger partial charge in [0.1, 0.15) is 11.6 Å². The molecule has 1 aliphatic rings. The Balaban J connectivity index is 2.06. The fraction of sp³-hybridized carbons (Fsp3) is 0.667. The summed E-state index contributed by atoms with van der Waals surface area (Å²) in [6.45, 7) is 2.39. The Morgan fingerprint density at radius 1 is 1.41 bits per heavy atom. The molecule has 1 saturated carbocycles. The van der Waals surface area contributed by atoms with Gasteiger partial charge < -0.3 is 16.2 Å². The zero-order valence-corrected chi connectivity index (χ0v) is 10.2. The monoisotopic (exact) mass is 236 g/mol. The molecule has 1 aromatic rings. The van der Waals surface area contributed by atoms with E-state index in [0.29, 0.717) is 11.6 Å². The molecule has 1 aliphatic carbocycles. The van der Waals surface area contributed by atoms with Crippen LogP contribution in [0.25, 0.3) is 0 Å². The number of hydrogen-bond donors (Lipinski definition) is 3. The first kappa shape index (κ1) is 12.1. The molecule has 0 spiro atoms. The summed E-state index contributed by atoms with van der Waals surface area (Å²) < 4.78 is 0. The standard InChI is InChI=1S/C12H20N4O/c1-9-4-6-12(8-17,7-5-9)14-11-3-2-10(13)15-16-11/h2-3,9,17H,4-8H2,1H3,(H2,13,15)(H,14,16). The molecule has 0 atom stereocenters. The van der Waals surface area contributed by atoms with Crippen molar-refractivity contribution in [3.8, 4) is 0 Å². The fourth-order valence-corrected chi connectivity index (χ4v) is 2.32. The number of hydrogen-bond acceptors (Lipinski definition) is 5. The van der Waals surface area contributed by atoms with Gasteiger partial charge >= 0.3 is 0 Å². The first-order valence-electron chi connectivity index (χ1n) is 6.12. The summed E-state index contributed by atoms with van der Waals surface area (Å²) in [4.78, 5) is 0. The number of nitrogens with two attached hydrogens (primary N) is 1. The van der Waals surface area contributed by atoms with Gasteiger partial charge in [-0.25, -0.2) is 0 Å². The maximum absolute atomic E-state index is 9.61. The normalized spacial score (nSPS) is 28.9. The number of aliphatic hydroxyl groups is 1. The van der Waals surface area contributed by atoms with Crippen LogP contribution in [0.3, 0.4) is 0 Å². The number of anilines is 2. The Morgan fingerprint density at radius 2 is 2.12 bits per heavy atom. The molecule has 5 nitrogen and oxygen atoms in total. The minimum Gasteiger partial charge on any atom is -0.394 e. The van der Waals surface area contributed by atoms with Crippen molar-refractivity contribution in [1.82, 2.24) is 10.2 Å². The molecule has 1 aromatic heterocycles. The van der Waals surface area contributed by atoms with E-state index in [2.05, 4.69) is 22.4 Å². The topological polar surface area (TPSA) is 84.1 Å². The Bertz CT molecular complexity index is 357. The number of aliphatic hydroxyl groups excluding tert-OH is 1. The highest BCUT2D eigenvalue weighted by atomic mass is 16.3. The average molecular weight is 236 g/mol. The molecular formula is C12H20N4O. The molecule has 5 heteroatoms. The van der Waals surface area contributed by atoms with Crippen molar-refractivity contribution in [2.24, 2.45) is 5.92 Å². The molecule has 94 valence electrons. The number of aromatic nitrogens is 2. The molecule has 1 heterocycles. The summed E-state index contributed by atoms with van der Waals surface area (Å²) in [7, 11) is 0. The third-order valence-corrected chi connectivity index (χ3v) is 3.61. The van der Waals surface area contributed by atoms with Crippen LogP contribution in [-0.4, -0.2) is 27.4 Å². The lowest BCUT2D eigenvalue weighted by Gasteiger charge is -2.39. The van der Waals surface area contributed by atoms with Crippen LogP contribution < -0.4 is 11.1 Å². The maximum Gasteiger partial charge on any atom is 0.149 e. The van der Waals surface area contributed by atoms with Crippen molar-refractivity contribution in [2.45, 2.75) is 38.1 Å². The van der Waals surface area contributed by atoms with Crippen LogP contribution in [0.1, 0.15) is 32.6 Å². The Kier molecular flexibility index (Phi) is 3.47. The quantitative estimate of drug-likeness (QED) is 0.739. The third-order valence-electron chi connectivity index (χ3n) is 3.61. The average Bonchev–Trinajstić information content (AvgIpc) is 2.35. The number of nitrogen functional groups attached to an aromatic ring is 1. The predicted molar refractivity (Wildman–Crippen MR) is 67.5 cm³/mol. The van der Waals surface area contributed by atoms with Gasteiger partial charge in [0, 0.05) is 0 Å². The van der Waals surface area contributed by atoms with E-state index < -0.39 is 0 Å². The molecule has 0 unspecified atom stereocenters. The Labute approximate surface area is 101 Å². The summed E-state index contributed by atoms with van der Waals surface area (Å²) in [6, 6.07) is 3.52. The van der Waals surface area contributed by atoms with Crippen molar-refractivity contribution in [3.63, 3.8) is 0 Å². The van der Waals surface area contributed by atoms with E-state index in [-0.39, 0.29) is 12.1 Å². The van der Waals surface area contributed by atoms with Crippen molar-refractivity contribution >= 4 is 11.6 Å². The van der Waals surface area contributed by atoms with Gasteiger partial charge in [-0.3, -0.25) is 0 Å². The molecule has 0 amide bonds. The first-order valence-corrected chi connectivity index (χ1v) is 6.12. The molecule has 0 saturated heterocycles. The van der Waals surface area contributed by atoms with Crippen LogP contribution in [0.5, 0.6) is 0 Å². The largest absolute Gasteiger partial charge is 0.394 e. The molecule has 17 heavy (non-hydrogen) atoms. The minimum atomic E-state index is -0.239. The van der Waals surface area contributed by atoms with Crippen LogP contribution in [0.2, 0.25) is 0 Å². The second-order valence-electron chi connectivity index (χ2n) is 5.09. The zero-order chi connectivity index (χ0) is 12.3. The van der Waals surface area contributed by atoms with Gasteiger partial charge in [0.2, 0.25) is 0 Å². The maximum atomic E-state index is 9.61. The van der Waals surface area contributed by atoms with Gasteiger partial charge in [-0.1, -0.05) is 6.92 Å². The summed E-state index contributed by atoms with van der Waals surface area (Å²) in [5.74, 6) is 1.84. The highest BCUT2D eigenvalue weighted by molar-refractivity contribution is 5.41. The van der Waals surface area contributed by atoms with Crippen molar-refractivity contribution < 1.29 is 5.11 Å². The minimum absolute atomic E-state index is 0.131. The van der Waals surface area contributed by atoms with E-state index in [0.717, 1.165) is 31.6 Å². The second kappa shape index (κ2) is 4.87. The lowest BCUT2D eigenvalue weighted by atomic mass is 9.77. The van der Waals surface area contributed by atoms with Crippen molar-refractivity contribution in [2.75, 3.05) is 17.7 Å². The Morgan fingerprint density at radius 3 is 2.65 bits per heavy atom. The molecule has 0 radical (unpaired) electrons. The zero-order valence-electron chi connectivity index (χ0n) is 10.2. The van der Waals surface area contributed by atoms with E-state index >= 15 is 0 Å². The SMILES string of the molecule is CC1CCC(CO)(Nc2ccc(N)nn2)CC1. The van der Waals surface area contributed by atoms with Gasteiger partial charge in [0.15, 0.2) is 0 Å². The first-order chi connectivity index (χ1) is 8.13. The molecular weight excluding hydrogens is 216 g/mol. The van der Waals surface area contributed by atoms with Gasteiger partial charge in [0.05, 0.1) is 12.1 Å². The highest BCUT2D eigenvalue weighted by Gasteiger charge is 2.33. The second-order valence-corrected chi connectivity index (χ2v) is 5.09. The van der Waals surface area contributed by atoms with Crippen LogP contribution in [-0.2, 0) is 0 Å². The highest BCUT2D eigenvalue weighted by Crippen LogP contribution is 2.33. The van der Waals surface area contributed by atoms with Gasteiger partial charge in [-0.05, 0) is 43.7 Å². The predicted octanol–water partition coefficient (Wildman–Crippen LogP) is 1.41. The van der Waals surface area contributed by atoms with E-state index in [9.17, 15) is 5.11 Å². The molecule has 1 fully saturated rings. The lowest BCUT2D eigenvalue weighted by molar-refractivity contribution is 0.155. The summed E-state index contributed by atoms with van der Waals surface area (Å²) in [6.07, 6.45) is 4.21. The number of rotatable bonds is 3. The number of nitrogens with zero attached hydrogens (tertiary/aromatic N) is 2. The third kappa shape index (κ3) is 2.85.